The molecule has 1 amide bonds. The van der Waals surface area contributed by atoms with E-state index in [1.54, 1.807) is 24.3 Å². The van der Waals surface area contributed by atoms with Crippen LogP contribution in [0.4, 0.5) is 11.4 Å². The lowest BCUT2D eigenvalue weighted by Crippen LogP contribution is -2.32. The molecule has 0 bridgehead atoms. The molecule has 7 heteroatoms. The van der Waals surface area contributed by atoms with Crippen LogP contribution < -0.4 is 14.8 Å². The van der Waals surface area contributed by atoms with Crippen LogP contribution in [0.2, 0.25) is 0 Å². The molecule has 3 rings (SSSR count). The second kappa shape index (κ2) is 9.66. The Kier molecular flexibility index (Phi) is 6.97. The fourth-order valence-electron chi connectivity index (χ4n) is 2.88. The first-order valence-electron chi connectivity index (χ1n) is 10.0. The smallest absolute Gasteiger partial charge is 0.265 e. The van der Waals surface area contributed by atoms with Crippen LogP contribution in [0.25, 0.3) is 0 Å². The van der Waals surface area contributed by atoms with Crippen LogP contribution in [-0.4, -0.2) is 20.4 Å². The molecule has 0 unspecified atom stereocenters. The molecule has 0 aromatic heterocycles. The third-order valence-electron chi connectivity index (χ3n) is 4.70. The van der Waals surface area contributed by atoms with Gasteiger partial charge in [-0.3, -0.25) is 9.52 Å². The number of amides is 1. The number of hydrogen-bond donors (Lipinski definition) is 2. The lowest BCUT2D eigenvalue weighted by atomic mass is 10.2. The van der Waals surface area contributed by atoms with Gasteiger partial charge in [-0.05, 0) is 68.8 Å². The minimum Gasteiger partial charge on any atom is -0.481 e. The first-order valence-corrected chi connectivity index (χ1v) is 11.5. The Balaban J connectivity index is 1.65. The van der Waals surface area contributed by atoms with E-state index in [1.807, 2.05) is 57.2 Å². The number of sulfonamides is 1. The molecule has 0 aliphatic heterocycles. The molecule has 0 spiro atoms. The number of benzene rings is 3. The maximum atomic E-state index is 12.6. The molecule has 0 saturated carbocycles. The van der Waals surface area contributed by atoms with Gasteiger partial charge in [-0.1, -0.05) is 42.3 Å². The van der Waals surface area contributed by atoms with E-state index in [-0.39, 0.29) is 10.8 Å². The van der Waals surface area contributed by atoms with Gasteiger partial charge in [-0.25, -0.2) is 8.42 Å². The fraction of sp³-hybridized carbons (Fsp3) is 0.208. The van der Waals surface area contributed by atoms with E-state index in [0.29, 0.717) is 23.5 Å². The number of aryl methyl sites for hydroxylation is 2. The predicted molar refractivity (Wildman–Crippen MR) is 123 cm³/mol. The average Bonchev–Trinajstić information content (AvgIpc) is 2.75. The molecule has 0 fully saturated rings. The van der Waals surface area contributed by atoms with Crippen molar-refractivity contribution >= 4 is 27.3 Å². The van der Waals surface area contributed by atoms with E-state index in [9.17, 15) is 13.2 Å². The number of hydrogen-bond acceptors (Lipinski definition) is 4. The predicted octanol–water partition coefficient (Wildman–Crippen LogP) is 4.90. The number of ether oxygens (including phenoxy) is 1. The second-order valence-electron chi connectivity index (χ2n) is 7.31. The quantitative estimate of drug-likeness (QED) is 0.524. The van der Waals surface area contributed by atoms with Gasteiger partial charge in [-0.15, -0.1) is 0 Å². The molecule has 6 nitrogen and oxygen atoms in total. The SMILES string of the molecule is CC[C@@H](Oc1ccc(C)cc1)C(=O)Nc1ccc(S(=O)(=O)Nc2ccc(C)cc2)cc1. The highest BCUT2D eigenvalue weighted by Gasteiger charge is 2.19. The van der Waals surface area contributed by atoms with E-state index in [0.717, 1.165) is 11.1 Å². The van der Waals surface area contributed by atoms with E-state index < -0.39 is 16.1 Å². The van der Waals surface area contributed by atoms with Gasteiger partial charge in [0.2, 0.25) is 0 Å². The summed E-state index contributed by atoms with van der Waals surface area (Å²) >= 11 is 0. The molecule has 0 saturated heterocycles. The average molecular weight is 439 g/mol. The van der Waals surface area contributed by atoms with Crippen molar-refractivity contribution in [2.45, 2.75) is 38.2 Å². The lowest BCUT2D eigenvalue weighted by Gasteiger charge is -2.17. The molecular formula is C24H26N2O4S. The molecule has 31 heavy (non-hydrogen) atoms. The Morgan fingerprint density at radius 1 is 0.839 bits per heavy atom. The number of anilines is 2. The summed E-state index contributed by atoms with van der Waals surface area (Å²) < 4.78 is 33.5. The van der Waals surface area contributed by atoms with Gasteiger partial charge in [0.05, 0.1) is 4.90 Å². The third-order valence-corrected chi connectivity index (χ3v) is 6.10. The molecule has 2 N–H and O–H groups in total. The number of carbonyl (C=O) groups excluding carboxylic acids is 1. The van der Waals surface area contributed by atoms with Crippen molar-refractivity contribution in [2.75, 3.05) is 10.0 Å². The summed E-state index contributed by atoms with van der Waals surface area (Å²) in [5.41, 5.74) is 3.13. The molecule has 162 valence electrons. The summed E-state index contributed by atoms with van der Waals surface area (Å²) in [4.78, 5) is 12.7. The van der Waals surface area contributed by atoms with Crippen molar-refractivity contribution < 1.29 is 17.9 Å². The summed E-state index contributed by atoms with van der Waals surface area (Å²) in [6.45, 7) is 5.78. The first kappa shape index (κ1) is 22.4. The van der Waals surface area contributed by atoms with Gasteiger partial charge in [0.25, 0.3) is 15.9 Å². The molecule has 0 aliphatic rings. The third kappa shape index (κ3) is 6.08. The second-order valence-corrected chi connectivity index (χ2v) is 9.00. The van der Waals surface area contributed by atoms with Gasteiger partial charge in [0.15, 0.2) is 6.10 Å². The van der Waals surface area contributed by atoms with E-state index in [2.05, 4.69) is 10.0 Å². The highest BCUT2D eigenvalue weighted by atomic mass is 32.2. The van der Waals surface area contributed by atoms with Crippen molar-refractivity contribution in [2.24, 2.45) is 0 Å². The summed E-state index contributed by atoms with van der Waals surface area (Å²) in [7, 11) is -3.72. The van der Waals surface area contributed by atoms with Crippen molar-refractivity contribution in [3.63, 3.8) is 0 Å². The summed E-state index contributed by atoms with van der Waals surface area (Å²) in [6, 6.07) is 20.6. The van der Waals surface area contributed by atoms with E-state index in [1.165, 1.54) is 12.1 Å². The minimum atomic E-state index is -3.72. The van der Waals surface area contributed by atoms with E-state index in [4.69, 9.17) is 4.74 Å². The van der Waals surface area contributed by atoms with Crippen molar-refractivity contribution in [1.29, 1.82) is 0 Å². The number of rotatable bonds is 8. The fourth-order valence-corrected chi connectivity index (χ4v) is 3.94. The first-order chi connectivity index (χ1) is 14.8. The highest BCUT2D eigenvalue weighted by Crippen LogP contribution is 2.20. The summed E-state index contributed by atoms with van der Waals surface area (Å²) in [6.07, 6.45) is -0.165. The van der Waals surface area contributed by atoms with Crippen molar-refractivity contribution in [3.8, 4) is 5.75 Å². The van der Waals surface area contributed by atoms with Crippen molar-refractivity contribution in [1.82, 2.24) is 0 Å². The van der Waals surface area contributed by atoms with Gasteiger partial charge in [-0.2, -0.15) is 0 Å². The molecule has 0 aliphatic carbocycles. The van der Waals surface area contributed by atoms with Crippen molar-refractivity contribution in [3.05, 3.63) is 83.9 Å². The number of nitrogens with one attached hydrogen (secondary N) is 2. The topological polar surface area (TPSA) is 84.5 Å². The Labute approximate surface area is 183 Å². The zero-order valence-corrected chi connectivity index (χ0v) is 18.6. The Hall–Kier alpha value is -3.32. The Bertz CT molecular complexity index is 1120. The highest BCUT2D eigenvalue weighted by molar-refractivity contribution is 7.92. The van der Waals surface area contributed by atoms with Crippen LogP contribution in [0.1, 0.15) is 24.5 Å². The molecule has 3 aromatic carbocycles. The van der Waals surface area contributed by atoms with Crippen LogP contribution in [0.3, 0.4) is 0 Å². The standard InChI is InChI=1S/C24H26N2O4S/c1-4-23(30-21-13-7-18(3)8-14-21)24(27)25-19-11-15-22(16-12-19)31(28,29)26-20-9-5-17(2)6-10-20/h5-16,23,26H,4H2,1-3H3,(H,25,27)/t23-/m1/s1. The van der Waals surface area contributed by atoms with Crippen LogP contribution in [0.15, 0.2) is 77.7 Å². The van der Waals surface area contributed by atoms with Gasteiger partial charge in [0.1, 0.15) is 5.75 Å². The van der Waals surface area contributed by atoms with Crippen LogP contribution in [0.5, 0.6) is 5.75 Å². The van der Waals surface area contributed by atoms with Gasteiger partial charge in [0, 0.05) is 11.4 Å². The largest absolute Gasteiger partial charge is 0.481 e. The number of carbonyl (C=O) groups is 1. The maximum Gasteiger partial charge on any atom is 0.265 e. The molecule has 0 heterocycles. The minimum absolute atomic E-state index is 0.106. The Morgan fingerprint density at radius 2 is 1.35 bits per heavy atom. The molecule has 1 atom stereocenters. The van der Waals surface area contributed by atoms with Crippen LogP contribution >= 0.6 is 0 Å². The molecule has 3 aromatic rings. The lowest BCUT2D eigenvalue weighted by molar-refractivity contribution is -0.122. The van der Waals surface area contributed by atoms with E-state index >= 15 is 0 Å². The maximum absolute atomic E-state index is 12.6. The summed E-state index contributed by atoms with van der Waals surface area (Å²) in [5, 5.41) is 2.78. The van der Waals surface area contributed by atoms with Crippen LogP contribution in [0, 0.1) is 13.8 Å². The summed E-state index contributed by atoms with van der Waals surface area (Å²) in [5.74, 6) is 0.327. The zero-order valence-electron chi connectivity index (χ0n) is 17.8. The normalized spacial score (nSPS) is 12.1. The monoisotopic (exact) mass is 438 g/mol. The Morgan fingerprint density at radius 3 is 1.90 bits per heavy atom. The molecule has 0 radical (unpaired) electrons. The van der Waals surface area contributed by atoms with Gasteiger partial charge < -0.3 is 10.1 Å². The van der Waals surface area contributed by atoms with Gasteiger partial charge >= 0.3 is 0 Å². The zero-order chi connectivity index (χ0) is 22.4. The molecular weight excluding hydrogens is 412 g/mol. The van der Waals surface area contributed by atoms with Crippen LogP contribution in [-0.2, 0) is 14.8 Å².